The third kappa shape index (κ3) is 3.15. The summed E-state index contributed by atoms with van der Waals surface area (Å²) in [5.74, 6) is -1.33. The topological polar surface area (TPSA) is 78.4 Å². The summed E-state index contributed by atoms with van der Waals surface area (Å²) in [4.78, 5) is 23.4. The Morgan fingerprint density at radius 1 is 1.38 bits per heavy atom. The van der Waals surface area contributed by atoms with Gasteiger partial charge in [-0.15, -0.1) is 0 Å². The van der Waals surface area contributed by atoms with Gasteiger partial charge in [-0.3, -0.25) is 4.79 Å². The summed E-state index contributed by atoms with van der Waals surface area (Å²) >= 11 is 12.1. The number of nitrogens with one attached hydrogen (secondary N) is 2. The van der Waals surface area contributed by atoms with Gasteiger partial charge in [-0.25, -0.2) is 4.79 Å². The second-order valence-electron chi connectivity index (χ2n) is 5.04. The van der Waals surface area contributed by atoms with Crippen molar-refractivity contribution in [2.45, 2.75) is 31.7 Å². The Morgan fingerprint density at radius 2 is 2.00 bits per heavy atom. The first kappa shape index (κ1) is 16.1. The molecule has 1 fully saturated rings. The normalized spacial score (nSPS) is 21.3. The second kappa shape index (κ2) is 6.22. The fraction of sp³-hybridized carbons (Fsp3) is 0.429. The van der Waals surface area contributed by atoms with E-state index in [9.17, 15) is 9.59 Å². The van der Waals surface area contributed by atoms with E-state index in [1.54, 1.807) is 0 Å². The summed E-state index contributed by atoms with van der Waals surface area (Å²) in [6.45, 7) is 2.73. The average molecular weight is 331 g/mol. The van der Waals surface area contributed by atoms with Crippen molar-refractivity contribution in [3.63, 3.8) is 0 Å². The number of hydrogen-bond donors (Lipinski definition) is 3. The van der Waals surface area contributed by atoms with Gasteiger partial charge in [0, 0.05) is 0 Å². The fourth-order valence-corrected chi connectivity index (χ4v) is 3.09. The molecule has 1 aliphatic heterocycles. The predicted octanol–water partition coefficient (Wildman–Crippen LogP) is 3.16. The van der Waals surface area contributed by atoms with E-state index in [1.165, 1.54) is 12.1 Å². The van der Waals surface area contributed by atoms with Crippen molar-refractivity contribution >= 4 is 40.8 Å². The molecule has 1 atom stereocenters. The van der Waals surface area contributed by atoms with E-state index in [-0.39, 0.29) is 27.2 Å². The number of carbonyl (C=O) groups is 2. The van der Waals surface area contributed by atoms with Crippen LogP contribution in [-0.2, 0) is 4.79 Å². The smallest absolute Gasteiger partial charge is 0.335 e. The monoisotopic (exact) mass is 330 g/mol. The van der Waals surface area contributed by atoms with E-state index < -0.39 is 11.5 Å². The molecular weight excluding hydrogens is 315 g/mol. The van der Waals surface area contributed by atoms with Gasteiger partial charge in [-0.2, -0.15) is 0 Å². The molecule has 1 amide bonds. The highest BCUT2D eigenvalue weighted by atomic mass is 35.5. The van der Waals surface area contributed by atoms with Gasteiger partial charge >= 0.3 is 5.97 Å². The van der Waals surface area contributed by atoms with E-state index in [2.05, 4.69) is 10.6 Å². The Bertz CT molecular complexity index is 561. The second-order valence-corrected chi connectivity index (χ2v) is 5.85. The molecule has 0 aromatic heterocycles. The number of carboxylic acid groups (broad SMARTS) is 1. The molecule has 114 valence electrons. The number of carboxylic acids is 1. The Hall–Kier alpha value is -1.30. The first-order chi connectivity index (χ1) is 9.89. The molecule has 1 aromatic rings. The van der Waals surface area contributed by atoms with Crippen molar-refractivity contribution in [3.05, 3.63) is 27.7 Å². The van der Waals surface area contributed by atoms with Gasteiger partial charge in [0.15, 0.2) is 0 Å². The largest absolute Gasteiger partial charge is 0.478 e. The number of anilines is 1. The van der Waals surface area contributed by atoms with E-state index in [4.69, 9.17) is 28.3 Å². The number of aromatic carboxylic acids is 1. The number of carbonyl (C=O) groups excluding carboxylic acids is 1. The van der Waals surface area contributed by atoms with Gasteiger partial charge in [0.25, 0.3) is 0 Å². The zero-order valence-electron chi connectivity index (χ0n) is 11.5. The van der Waals surface area contributed by atoms with Crippen molar-refractivity contribution in [2.24, 2.45) is 0 Å². The molecule has 2 rings (SSSR count). The van der Waals surface area contributed by atoms with Crippen LogP contribution in [0.5, 0.6) is 0 Å². The number of hydrogen-bond acceptors (Lipinski definition) is 3. The van der Waals surface area contributed by atoms with Crippen LogP contribution in [0.1, 0.15) is 36.5 Å². The summed E-state index contributed by atoms with van der Waals surface area (Å²) in [6.07, 6.45) is 2.33. The Balaban J connectivity index is 2.27. The van der Waals surface area contributed by atoms with Gasteiger partial charge in [-0.05, 0) is 37.9 Å². The molecule has 3 N–H and O–H groups in total. The molecule has 0 spiro atoms. The molecule has 0 aliphatic carbocycles. The first-order valence-electron chi connectivity index (χ1n) is 6.68. The lowest BCUT2D eigenvalue weighted by Gasteiger charge is -2.27. The summed E-state index contributed by atoms with van der Waals surface area (Å²) in [7, 11) is 0. The van der Waals surface area contributed by atoms with Gasteiger partial charge in [0.2, 0.25) is 5.91 Å². The van der Waals surface area contributed by atoms with Crippen molar-refractivity contribution in [2.75, 3.05) is 11.9 Å². The summed E-state index contributed by atoms with van der Waals surface area (Å²) < 4.78 is 0. The van der Waals surface area contributed by atoms with E-state index in [0.29, 0.717) is 6.42 Å². The molecule has 0 saturated carbocycles. The molecule has 0 radical (unpaired) electrons. The Morgan fingerprint density at radius 3 is 2.43 bits per heavy atom. The van der Waals surface area contributed by atoms with Gasteiger partial charge < -0.3 is 15.7 Å². The van der Waals surface area contributed by atoms with Crippen LogP contribution < -0.4 is 10.6 Å². The number of rotatable bonds is 4. The lowest BCUT2D eigenvalue weighted by molar-refractivity contribution is -0.122. The van der Waals surface area contributed by atoms with Crippen LogP contribution in [-0.4, -0.2) is 29.1 Å². The predicted molar refractivity (Wildman–Crippen MR) is 82.3 cm³/mol. The molecule has 7 heteroatoms. The lowest BCUT2D eigenvalue weighted by Crippen LogP contribution is -2.50. The number of halogens is 2. The highest BCUT2D eigenvalue weighted by Crippen LogP contribution is 2.34. The van der Waals surface area contributed by atoms with Gasteiger partial charge in [0.05, 0.1) is 26.8 Å². The van der Waals surface area contributed by atoms with Crippen LogP contribution in [0.15, 0.2) is 12.1 Å². The molecule has 21 heavy (non-hydrogen) atoms. The van der Waals surface area contributed by atoms with Gasteiger partial charge in [0.1, 0.15) is 0 Å². The minimum absolute atomic E-state index is 0.0211. The fourth-order valence-electron chi connectivity index (χ4n) is 2.51. The maximum atomic E-state index is 12.5. The highest BCUT2D eigenvalue weighted by molar-refractivity contribution is 6.40. The molecule has 0 bridgehead atoms. The minimum atomic E-state index is -1.13. The molecule has 1 aromatic carbocycles. The van der Waals surface area contributed by atoms with Crippen LogP contribution in [0.3, 0.4) is 0 Å². The Labute approximate surface area is 132 Å². The summed E-state index contributed by atoms with van der Waals surface area (Å²) in [6, 6.07) is 2.54. The maximum absolute atomic E-state index is 12.5. The average Bonchev–Trinajstić information content (AvgIpc) is 2.92. The van der Waals surface area contributed by atoms with E-state index in [0.717, 1.165) is 19.4 Å². The van der Waals surface area contributed by atoms with Crippen LogP contribution in [0.25, 0.3) is 0 Å². The summed E-state index contributed by atoms with van der Waals surface area (Å²) in [5, 5.41) is 15.1. The third-order valence-electron chi connectivity index (χ3n) is 3.81. The molecular formula is C14H16Cl2N2O3. The van der Waals surface area contributed by atoms with Crippen LogP contribution in [0.4, 0.5) is 5.69 Å². The maximum Gasteiger partial charge on any atom is 0.335 e. The van der Waals surface area contributed by atoms with Crippen molar-refractivity contribution < 1.29 is 14.7 Å². The standard InChI is InChI=1S/C14H16Cl2N2O3/c1-2-14(4-3-5-17-14)13(21)18-11-9(15)6-8(12(19)20)7-10(11)16/h6-7,17H,2-5H2,1H3,(H,18,21)(H,19,20). The third-order valence-corrected chi connectivity index (χ3v) is 4.41. The highest BCUT2D eigenvalue weighted by Gasteiger charge is 2.39. The van der Waals surface area contributed by atoms with Crippen LogP contribution in [0, 0.1) is 0 Å². The van der Waals surface area contributed by atoms with Crippen molar-refractivity contribution in [1.29, 1.82) is 0 Å². The molecule has 1 unspecified atom stereocenters. The quantitative estimate of drug-likeness (QED) is 0.792. The van der Waals surface area contributed by atoms with Crippen molar-refractivity contribution in [3.8, 4) is 0 Å². The number of benzene rings is 1. The molecule has 5 nitrogen and oxygen atoms in total. The molecule has 1 saturated heterocycles. The molecule has 1 aliphatic rings. The van der Waals surface area contributed by atoms with Crippen LogP contribution in [0.2, 0.25) is 10.0 Å². The van der Waals surface area contributed by atoms with E-state index in [1.807, 2.05) is 6.92 Å². The first-order valence-corrected chi connectivity index (χ1v) is 7.44. The molecule has 1 heterocycles. The number of amides is 1. The van der Waals surface area contributed by atoms with E-state index >= 15 is 0 Å². The Kier molecular flexibility index (Phi) is 4.76. The zero-order valence-corrected chi connectivity index (χ0v) is 13.0. The lowest BCUT2D eigenvalue weighted by atomic mass is 9.93. The van der Waals surface area contributed by atoms with Crippen molar-refractivity contribution in [1.82, 2.24) is 5.32 Å². The van der Waals surface area contributed by atoms with Crippen LogP contribution >= 0.6 is 23.2 Å². The minimum Gasteiger partial charge on any atom is -0.478 e. The SMILES string of the molecule is CCC1(C(=O)Nc2c(Cl)cc(C(=O)O)cc2Cl)CCCN1. The van der Waals surface area contributed by atoms with Gasteiger partial charge in [-0.1, -0.05) is 30.1 Å². The summed E-state index contributed by atoms with van der Waals surface area (Å²) in [5.41, 5.74) is -0.389. The zero-order chi connectivity index (χ0) is 15.6.